The van der Waals surface area contributed by atoms with Crippen molar-refractivity contribution in [2.45, 2.75) is 25.7 Å². The molecule has 1 aliphatic rings. The molecule has 2 aromatic rings. The summed E-state index contributed by atoms with van der Waals surface area (Å²) in [5.41, 5.74) is 0.631. The molecule has 1 heterocycles. The predicted molar refractivity (Wildman–Crippen MR) is 58.4 cm³/mol. The molecule has 0 aliphatic heterocycles. The normalized spacial score (nSPS) is 15.2. The Morgan fingerprint density at radius 3 is 2.71 bits per heavy atom. The van der Waals surface area contributed by atoms with Crippen LogP contribution < -0.4 is 0 Å². The molecule has 0 spiro atoms. The van der Waals surface area contributed by atoms with Gasteiger partial charge in [0.15, 0.2) is 5.82 Å². The van der Waals surface area contributed by atoms with Gasteiger partial charge in [-0.25, -0.2) is 13.8 Å². The first-order valence-corrected chi connectivity index (χ1v) is 5.53. The van der Waals surface area contributed by atoms with Crippen LogP contribution in [0.2, 0.25) is 0 Å². The predicted octanol–water partition coefficient (Wildman–Crippen LogP) is 2.94. The van der Waals surface area contributed by atoms with Gasteiger partial charge in [-0.1, -0.05) is 0 Å². The highest BCUT2D eigenvalue weighted by molar-refractivity contribution is 5.57. The van der Waals surface area contributed by atoms with Gasteiger partial charge in [-0.3, -0.25) is 5.10 Å². The van der Waals surface area contributed by atoms with Crippen molar-refractivity contribution in [3.63, 3.8) is 0 Å². The summed E-state index contributed by atoms with van der Waals surface area (Å²) in [4.78, 5) is 4.24. The number of nitrogens with zero attached hydrogens (tertiary/aromatic N) is 2. The van der Waals surface area contributed by atoms with Crippen LogP contribution in [0.5, 0.6) is 0 Å². The maximum absolute atomic E-state index is 13.6. The molecule has 0 unspecified atom stereocenters. The Hall–Kier alpha value is -1.78. The third kappa shape index (κ3) is 1.81. The topological polar surface area (TPSA) is 41.6 Å². The van der Waals surface area contributed by atoms with Gasteiger partial charge in [-0.15, -0.1) is 0 Å². The van der Waals surface area contributed by atoms with Crippen LogP contribution in [-0.2, 0) is 0 Å². The Balaban J connectivity index is 2.04. The molecule has 17 heavy (non-hydrogen) atoms. The second-order valence-corrected chi connectivity index (χ2v) is 4.40. The Kier molecular flexibility index (Phi) is 2.21. The number of benzene rings is 1. The summed E-state index contributed by atoms with van der Waals surface area (Å²) < 4.78 is 26.7. The number of nitrogens with one attached hydrogen (secondary N) is 1. The van der Waals surface area contributed by atoms with Crippen molar-refractivity contribution >= 4 is 0 Å². The molecule has 1 aliphatic carbocycles. The lowest BCUT2D eigenvalue weighted by atomic mass is 10.1. The number of hydrogen-bond donors (Lipinski definition) is 1. The molecule has 1 aromatic carbocycles. The molecule has 0 radical (unpaired) electrons. The molecular formula is C12H11F2N3. The first kappa shape index (κ1) is 10.4. The highest BCUT2D eigenvalue weighted by atomic mass is 19.1. The number of aryl methyl sites for hydroxylation is 1. The zero-order valence-corrected chi connectivity index (χ0v) is 9.30. The molecular weight excluding hydrogens is 224 g/mol. The molecule has 5 heteroatoms. The summed E-state index contributed by atoms with van der Waals surface area (Å²) in [6.45, 7) is 1.59. The lowest BCUT2D eigenvalue weighted by Gasteiger charge is -2.01. The molecule has 0 bridgehead atoms. The van der Waals surface area contributed by atoms with Crippen molar-refractivity contribution in [3.8, 4) is 11.4 Å². The number of aromatic amines is 1. The lowest BCUT2D eigenvalue weighted by Crippen LogP contribution is -1.92. The van der Waals surface area contributed by atoms with Gasteiger partial charge in [0.2, 0.25) is 0 Å². The lowest BCUT2D eigenvalue weighted by molar-refractivity contribution is 0.579. The van der Waals surface area contributed by atoms with Crippen LogP contribution >= 0.6 is 0 Å². The Bertz CT molecular complexity index is 573. The molecule has 3 nitrogen and oxygen atoms in total. The minimum atomic E-state index is -0.630. The number of rotatable bonds is 2. The standard InChI is InChI=1S/C12H11F2N3/c1-6-4-8(10(14)5-9(6)13)12-15-11(16-17-12)7-2-3-7/h4-5,7H,2-3H2,1H3,(H,15,16,17). The highest BCUT2D eigenvalue weighted by Crippen LogP contribution is 2.38. The molecule has 1 fully saturated rings. The van der Waals surface area contributed by atoms with Gasteiger partial charge in [0, 0.05) is 12.0 Å². The molecule has 3 rings (SSSR count). The molecule has 1 aromatic heterocycles. The average molecular weight is 235 g/mol. The summed E-state index contributed by atoms with van der Waals surface area (Å²) in [5.74, 6) is 0.341. The number of H-pyrrole nitrogens is 1. The largest absolute Gasteiger partial charge is 0.262 e. The highest BCUT2D eigenvalue weighted by Gasteiger charge is 2.27. The van der Waals surface area contributed by atoms with E-state index in [0.717, 1.165) is 24.7 Å². The molecule has 1 N–H and O–H groups in total. The van der Waals surface area contributed by atoms with Crippen LogP contribution in [0.4, 0.5) is 8.78 Å². The van der Waals surface area contributed by atoms with Crippen LogP contribution in [0.3, 0.4) is 0 Å². The fraction of sp³-hybridized carbons (Fsp3) is 0.333. The summed E-state index contributed by atoms with van der Waals surface area (Å²) >= 11 is 0. The maximum atomic E-state index is 13.6. The first-order chi connectivity index (χ1) is 8.15. The number of hydrogen-bond acceptors (Lipinski definition) is 2. The number of halogens is 2. The Labute approximate surface area is 96.9 Å². The zero-order chi connectivity index (χ0) is 12.0. The van der Waals surface area contributed by atoms with E-state index in [-0.39, 0.29) is 5.56 Å². The van der Waals surface area contributed by atoms with E-state index < -0.39 is 11.6 Å². The first-order valence-electron chi connectivity index (χ1n) is 5.53. The van der Waals surface area contributed by atoms with Crippen LogP contribution in [0, 0.1) is 18.6 Å². The summed E-state index contributed by atoms with van der Waals surface area (Å²) in [5, 5.41) is 6.79. The van der Waals surface area contributed by atoms with Gasteiger partial charge in [0.25, 0.3) is 0 Å². The zero-order valence-electron chi connectivity index (χ0n) is 9.30. The van der Waals surface area contributed by atoms with Crippen LogP contribution in [0.1, 0.15) is 30.1 Å². The minimum absolute atomic E-state index is 0.243. The molecule has 0 atom stereocenters. The van der Waals surface area contributed by atoms with E-state index in [1.165, 1.54) is 6.07 Å². The van der Waals surface area contributed by atoms with E-state index >= 15 is 0 Å². The van der Waals surface area contributed by atoms with E-state index in [4.69, 9.17) is 0 Å². The smallest absolute Gasteiger partial charge is 0.184 e. The summed E-state index contributed by atoms with van der Waals surface area (Å²) in [6, 6.07) is 2.31. The van der Waals surface area contributed by atoms with Crippen molar-refractivity contribution in [2.24, 2.45) is 0 Å². The molecule has 0 saturated heterocycles. The van der Waals surface area contributed by atoms with E-state index in [0.29, 0.717) is 17.3 Å². The quantitative estimate of drug-likeness (QED) is 0.869. The van der Waals surface area contributed by atoms with E-state index in [9.17, 15) is 8.78 Å². The fourth-order valence-corrected chi connectivity index (χ4v) is 1.76. The fourth-order valence-electron chi connectivity index (χ4n) is 1.76. The summed E-state index contributed by atoms with van der Waals surface area (Å²) in [7, 11) is 0. The van der Waals surface area contributed by atoms with Gasteiger partial charge in [0.05, 0.1) is 5.56 Å². The third-order valence-corrected chi connectivity index (χ3v) is 2.96. The second kappa shape index (κ2) is 3.61. The van der Waals surface area contributed by atoms with Gasteiger partial charge in [0.1, 0.15) is 17.5 Å². The van der Waals surface area contributed by atoms with Crippen LogP contribution in [0.25, 0.3) is 11.4 Å². The third-order valence-electron chi connectivity index (χ3n) is 2.96. The maximum Gasteiger partial charge on any atom is 0.184 e. The van der Waals surface area contributed by atoms with Gasteiger partial charge in [-0.2, -0.15) is 5.10 Å². The monoisotopic (exact) mass is 235 g/mol. The van der Waals surface area contributed by atoms with E-state index in [1.54, 1.807) is 6.92 Å². The van der Waals surface area contributed by atoms with Crippen molar-refractivity contribution in [1.82, 2.24) is 15.2 Å². The minimum Gasteiger partial charge on any atom is -0.262 e. The number of aromatic nitrogens is 3. The Morgan fingerprint density at radius 1 is 1.24 bits per heavy atom. The Morgan fingerprint density at radius 2 is 2.00 bits per heavy atom. The van der Waals surface area contributed by atoms with Gasteiger partial charge >= 0.3 is 0 Å². The SMILES string of the molecule is Cc1cc(-c2n[nH]c(C3CC3)n2)c(F)cc1F. The van der Waals surface area contributed by atoms with Gasteiger partial charge in [-0.05, 0) is 31.4 Å². The average Bonchev–Trinajstić information content (AvgIpc) is 3.03. The van der Waals surface area contributed by atoms with Gasteiger partial charge < -0.3 is 0 Å². The van der Waals surface area contributed by atoms with Crippen LogP contribution in [-0.4, -0.2) is 15.2 Å². The van der Waals surface area contributed by atoms with E-state index in [1.807, 2.05) is 0 Å². The molecule has 88 valence electrons. The molecule has 0 amide bonds. The van der Waals surface area contributed by atoms with Crippen molar-refractivity contribution in [2.75, 3.05) is 0 Å². The second-order valence-electron chi connectivity index (χ2n) is 4.40. The molecule has 1 saturated carbocycles. The van der Waals surface area contributed by atoms with Crippen molar-refractivity contribution in [1.29, 1.82) is 0 Å². The van der Waals surface area contributed by atoms with Crippen molar-refractivity contribution in [3.05, 3.63) is 35.2 Å². The van der Waals surface area contributed by atoms with E-state index in [2.05, 4.69) is 15.2 Å². The van der Waals surface area contributed by atoms with Crippen molar-refractivity contribution < 1.29 is 8.78 Å². The summed E-state index contributed by atoms with van der Waals surface area (Å²) in [6.07, 6.45) is 2.19. The van der Waals surface area contributed by atoms with Crippen LogP contribution in [0.15, 0.2) is 12.1 Å².